The van der Waals surface area contributed by atoms with Gasteiger partial charge in [0, 0.05) is 23.8 Å². The molecule has 8 atom stereocenters. The second-order valence-electron chi connectivity index (χ2n) is 13.0. The van der Waals surface area contributed by atoms with E-state index < -0.39 is 68.9 Å². The van der Waals surface area contributed by atoms with Crippen molar-refractivity contribution in [1.82, 2.24) is 0 Å². The lowest BCUT2D eigenvalue weighted by molar-refractivity contribution is -0.244. The Labute approximate surface area is 264 Å². The van der Waals surface area contributed by atoms with Crippen LogP contribution < -0.4 is 4.74 Å². The van der Waals surface area contributed by atoms with Gasteiger partial charge in [-0.05, 0) is 57.0 Å². The molecule has 45 heavy (non-hydrogen) atoms. The van der Waals surface area contributed by atoms with E-state index in [1.165, 1.54) is 31.4 Å². The van der Waals surface area contributed by atoms with Crippen molar-refractivity contribution >= 4 is 29.3 Å². The number of methoxy groups -OCH3 is 2. The minimum atomic E-state index is -2.61. The number of Topliss-reactive ketones (excluding diaryl/α,β-unsaturated/α-hetero) is 1. The second kappa shape index (κ2) is 9.95. The Morgan fingerprint density at radius 3 is 2.56 bits per heavy atom. The van der Waals surface area contributed by atoms with Gasteiger partial charge in [-0.15, -0.1) is 17.3 Å². The van der Waals surface area contributed by atoms with Crippen molar-refractivity contribution in [3.63, 3.8) is 0 Å². The quantitative estimate of drug-likeness (QED) is 0.142. The molecule has 2 aliphatic heterocycles. The van der Waals surface area contributed by atoms with Crippen LogP contribution in [0.15, 0.2) is 53.0 Å². The van der Waals surface area contributed by atoms with Gasteiger partial charge >= 0.3 is 17.7 Å². The molecule has 240 valence electrons. The van der Waals surface area contributed by atoms with E-state index in [1.54, 1.807) is 13.8 Å². The Hall–Kier alpha value is -3.60. The average Bonchev–Trinajstić information content (AvgIpc) is 3.73. The van der Waals surface area contributed by atoms with Crippen molar-refractivity contribution in [3.05, 3.63) is 64.1 Å². The third kappa shape index (κ3) is 3.98. The molecule has 4 aliphatic carbocycles. The lowest BCUT2D eigenvalue weighted by Crippen LogP contribution is -2.79. The van der Waals surface area contributed by atoms with Crippen LogP contribution in [0.2, 0.25) is 0 Å². The van der Waals surface area contributed by atoms with Crippen LogP contribution in [0.4, 0.5) is 0 Å². The van der Waals surface area contributed by atoms with Gasteiger partial charge in [0.1, 0.15) is 40.6 Å². The van der Waals surface area contributed by atoms with Crippen LogP contribution in [-0.2, 0) is 28.5 Å². The number of esters is 2. The number of phenols is 1. The van der Waals surface area contributed by atoms with E-state index in [0.717, 1.165) is 12.7 Å². The van der Waals surface area contributed by atoms with Crippen LogP contribution in [0.3, 0.4) is 0 Å². The summed E-state index contributed by atoms with van der Waals surface area (Å²) in [6.07, 6.45) is 2.30. The lowest BCUT2D eigenvalue weighted by atomic mass is 9.49. The van der Waals surface area contributed by atoms with Gasteiger partial charge in [0.15, 0.2) is 10.3 Å². The largest absolute Gasteiger partial charge is 0.507 e. The minimum Gasteiger partial charge on any atom is -0.507 e. The number of phenolic OH excluding ortho intramolecular Hbond substituents is 1. The summed E-state index contributed by atoms with van der Waals surface area (Å²) in [5.74, 6) is -6.37. The molecule has 3 fully saturated rings. The van der Waals surface area contributed by atoms with Gasteiger partial charge in [-0.3, -0.25) is 9.59 Å². The smallest absolute Gasteiger partial charge is 0.349 e. The molecular formula is C33H35ClO11. The Morgan fingerprint density at radius 1 is 1.20 bits per heavy atom. The van der Waals surface area contributed by atoms with Crippen molar-refractivity contribution in [2.75, 3.05) is 14.2 Å². The predicted molar refractivity (Wildman–Crippen MR) is 157 cm³/mol. The zero-order valence-electron chi connectivity index (χ0n) is 25.7. The molecule has 12 heteroatoms. The van der Waals surface area contributed by atoms with Gasteiger partial charge in [-0.25, -0.2) is 4.79 Å². The first kappa shape index (κ1) is 31.4. The number of halogens is 1. The fraction of sp³-hybridized carbons (Fsp3) is 0.515. The number of aryl methyl sites for hydroxylation is 1. The van der Waals surface area contributed by atoms with Gasteiger partial charge < -0.3 is 39.0 Å². The maximum atomic E-state index is 14.8. The van der Waals surface area contributed by atoms with Gasteiger partial charge in [-0.2, -0.15) is 0 Å². The second-order valence-corrected chi connectivity index (χ2v) is 13.6. The summed E-state index contributed by atoms with van der Waals surface area (Å²) in [7, 11) is 2.40. The van der Waals surface area contributed by atoms with Crippen LogP contribution in [0.25, 0.3) is 0 Å². The molecule has 0 amide bonds. The number of rotatable bonds is 5. The topological polar surface area (TPSA) is 161 Å². The number of carbonyl (C=O) groups is 3. The van der Waals surface area contributed by atoms with Crippen molar-refractivity contribution in [2.45, 2.75) is 81.5 Å². The van der Waals surface area contributed by atoms with E-state index >= 15 is 0 Å². The number of fused-ring (bicyclic) bond motifs is 3. The zero-order chi connectivity index (χ0) is 32.9. The number of aromatic hydroxyl groups is 1. The van der Waals surface area contributed by atoms with Gasteiger partial charge in [-0.1, -0.05) is 18.6 Å². The zero-order valence-corrected chi connectivity index (χ0v) is 26.5. The Balaban J connectivity index is 1.51. The normalized spacial score (nSPS) is 39.0. The van der Waals surface area contributed by atoms with Crippen LogP contribution in [-0.4, -0.2) is 81.8 Å². The molecule has 0 radical (unpaired) electrons. The van der Waals surface area contributed by atoms with Crippen LogP contribution >= 0.6 is 11.6 Å². The number of aliphatic hydroxyl groups is 2. The van der Waals surface area contributed by atoms with Crippen molar-refractivity contribution in [2.24, 2.45) is 10.8 Å². The Kier molecular flexibility index (Phi) is 6.94. The molecule has 2 heterocycles. The highest BCUT2D eigenvalue weighted by Crippen LogP contribution is 2.68. The van der Waals surface area contributed by atoms with Crippen molar-refractivity contribution in [3.8, 4) is 11.5 Å². The third-order valence-corrected chi connectivity index (χ3v) is 10.6. The monoisotopic (exact) mass is 642 g/mol. The Bertz CT molecular complexity index is 1670. The van der Waals surface area contributed by atoms with Crippen molar-refractivity contribution in [1.29, 1.82) is 0 Å². The molecule has 1 saturated heterocycles. The fourth-order valence-corrected chi connectivity index (χ4v) is 7.79. The highest BCUT2D eigenvalue weighted by molar-refractivity contribution is 6.41. The van der Waals surface area contributed by atoms with E-state index in [4.69, 9.17) is 35.3 Å². The maximum absolute atomic E-state index is 14.8. The first-order valence-electron chi connectivity index (χ1n) is 14.6. The molecule has 1 aromatic rings. The number of ketones is 1. The number of allylic oxidation sites excluding steroid dienone is 2. The summed E-state index contributed by atoms with van der Waals surface area (Å²) in [6, 6.07) is 2.78. The fourth-order valence-electron chi connectivity index (χ4n) is 7.41. The number of hydrogen-bond donors (Lipinski definition) is 3. The van der Waals surface area contributed by atoms with Gasteiger partial charge in [0.2, 0.25) is 5.78 Å². The number of hydrogen-bond acceptors (Lipinski definition) is 11. The summed E-state index contributed by atoms with van der Waals surface area (Å²) in [6.45, 7) is 7.11. The number of benzene rings is 1. The number of ether oxygens (including phenoxy) is 5. The lowest BCUT2D eigenvalue weighted by Gasteiger charge is -2.61. The van der Waals surface area contributed by atoms with Gasteiger partial charge in [0.05, 0.1) is 20.3 Å². The molecule has 7 rings (SSSR count). The molecule has 0 aromatic heterocycles. The summed E-state index contributed by atoms with van der Waals surface area (Å²) >= 11 is 7.28. The first-order chi connectivity index (χ1) is 21.1. The number of carbonyl (C=O) groups excluding carboxylic acids is 3. The molecule has 1 aromatic carbocycles. The van der Waals surface area contributed by atoms with E-state index in [1.807, 2.05) is 19.9 Å². The van der Waals surface area contributed by atoms with Crippen LogP contribution in [0.1, 0.15) is 56.0 Å². The highest BCUT2D eigenvalue weighted by Gasteiger charge is 2.83. The summed E-state index contributed by atoms with van der Waals surface area (Å²) in [5.41, 5.74) is 0.0716. The minimum absolute atomic E-state index is 0.0532. The third-order valence-electron chi connectivity index (χ3n) is 9.79. The standard InChI is InChI=1S/C33H35ClO11/c1-16(2)7-10-31-24(37)18(13-20(36)25(31)44-31)8-9-29(4)15-30(28(40)42-6)14-22(41-5)32(29,34)27(39)33(30)43-21-12-17(3)11-19(35)23(21)26(38)45-33/h7,9,11-12,14,20,24-25,35-37H,10,13,15H2,1-6H3/t8?,20-,24+,25-,29+,30+,31+,32-,33+/m0/s1. The summed E-state index contributed by atoms with van der Waals surface area (Å²) in [5, 5.41) is 32.6. The molecule has 2 bridgehead atoms. The molecule has 0 unspecified atom stereocenters. The first-order valence-corrected chi connectivity index (χ1v) is 14.9. The summed E-state index contributed by atoms with van der Waals surface area (Å²) < 4.78 is 28.5. The van der Waals surface area contributed by atoms with E-state index in [9.17, 15) is 29.7 Å². The molecule has 1 spiro atoms. The van der Waals surface area contributed by atoms with Crippen LogP contribution in [0, 0.1) is 17.8 Å². The maximum Gasteiger partial charge on any atom is 0.349 e. The SMILES string of the molecule is COC(=O)[C@]12C=C(OC)[C@](Cl)(C(=O)[C@@]13OC(=O)c1c(O)cc(C)cc1O3)[C@](C)(C=C=C1C[C@H](O)[C@@H]3O[C@]3(CC=C(C)C)[C@@H]1O)C2. The number of aliphatic hydroxyl groups excluding tert-OH is 2. The van der Waals surface area contributed by atoms with Gasteiger partial charge in [0.25, 0.3) is 0 Å². The molecule has 3 N–H and O–H groups in total. The highest BCUT2D eigenvalue weighted by atomic mass is 35.5. The summed E-state index contributed by atoms with van der Waals surface area (Å²) in [4.78, 5) is 39.9. The van der Waals surface area contributed by atoms with Crippen molar-refractivity contribution < 1.29 is 53.4 Å². The Morgan fingerprint density at radius 2 is 1.91 bits per heavy atom. The number of epoxide rings is 1. The number of alkyl halides is 1. The van der Waals surface area contributed by atoms with Crippen LogP contribution in [0.5, 0.6) is 11.5 Å². The van der Waals surface area contributed by atoms with E-state index in [2.05, 4.69) is 5.73 Å². The average molecular weight is 643 g/mol. The molecule has 11 nitrogen and oxygen atoms in total. The molecule has 6 aliphatic rings. The van der Waals surface area contributed by atoms with E-state index in [0.29, 0.717) is 17.6 Å². The molecule has 2 saturated carbocycles. The molecular weight excluding hydrogens is 608 g/mol. The predicted octanol–water partition coefficient (Wildman–Crippen LogP) is 3.31. The van der Waals surface area contributed by atoms with E-state index in [-0.39, 0.29) is 29.9 Å².